The molecule has 112 valence electrons. The zero-order chi connectivity index (χ0) is 14.9. The molecule has 2 aromatic rings. The number of halogens is 1. The minimum atomic E-state index is -0.889. The van der Waals surface area contributed by atoms with Gasteiger partial charge in [-0.05, 0) is 31.2 Å². The summed E-state index contributed by atoms with van der Waals surface area (Å²) in [5, 5.41) is 0.581. The Morgan fingerprint density at radius 2 is 2.10 bits per heavy atom. The highest BCUT2D eigenvalue weighted by atomic mass is 19.1. The Morgan fingerprint density at radius 1 is 1.33 bits per heavy atom. The molecule has 0 bridgehead atoms. The van der Waals surface area contributed by atoms with Gasteiger partial charge >= 0.3 is 0 Å². The fourth-order valence-electron chi connectivity index (χ4n) is 2.77. The van der Waals surface area contributed by atoms with E-state index < -0.39 is 5.60 Å². The molecular formula is C16H17FO4. The van der Waals surface area contributed by atoms with E-state index in [1.165, 1.54) is 18.2 Å². The normalized spacial score (nSPS) is 18.0. The second-order valence-electron chi connectivity index (χ2n) is 5.16. The third kappa shape index (κ3) is 2.59. The van der Waals surface area contributed by atoms with Crippen LogP contribution in [0.4, 0.5) is 4.39 Å². The molecule has 0 amide bonds. The molecule has 0 unspecified atom stereocenters. The van der Waals surface area contributed by atoms with E-state index in [0.717, 1.165) is 0 Å². The van der Waals surface area contributed by atoms with Crippen LogP contribution in [0.15, 0.2) is 28.7 Å². The molecule has 1 fully saturated rings. The fraction of sp³-hybridized carbons (Fsp3) is 0.438. The molecule has 5 heteroatoms. The number of fused-ring (bicyclic) bond motifs is 1. The lowest BCUT2D eigenvalue weighted by molar-refractivity contribution is -0.0831. The molecule has 1 saturated heterocycles. The van der Waals surface area contributed by atoms with Crippen LogP contribution >= 0.6 is 0 Å². The van der Waals surface area contributed by atoms with Gasteiger partial charge in [-0.2, -0.15) is 0 Å². The lowest BCUT2D eigenvalue weighted by Crippen LogP contribution is -2.46. The molecule has 0 spiro atoms. The van der Waals surface area contributed by atoms with Crippen molar-refractivity contribution in [3.05, 3.63) is 35.8 Å². The number of hydrogen-bond acceptors (Lipinski definition) is 4. The third-order valence-corrected chi connectivity index (χ3v) is 3.84. The topological polar surface area (TPSA) is 48.7 Å². The summed E-state index contributed by atoms with van der Waals surface area (Å²) in [5.41, 5.74) is -0.391. The number of Topliss-reactive ketones (excluding diaryl/α,β-unsaturated/α-hetero) is 1. The molecule has 2 heterocycles. The zero-order valence-corrected chi connectivity index (χ0v) is 11.9. The van der Waals surface area contributed by atoms with Gasteiger partial charge in [-0.25, -0.2) is 4.39 Å². The molecule has 1 aliphatic rings. The van der Waals surface area contributed by atoms with E-state index in [4.69, 9.17) is 13.9 Å². The standard InChI is InChI=1S/C16H17FO4/c1-2-20-16(5-7-19-8-6-16)15(18)14-10-11-9-12(17)3-4-13(11)21-14/h3-4,9-10H,2,5-8H2,1H3. The number of rotatable bonds is 4. The van der Waals surface area contributed by atoms with Gasteiger partial charge in [0.2, 0.25) is 5.78 Å². The maximum absolute atomic E-state index is 13.2. The summed E-state index contributed by atoms with van der Waals surface area (Å²) in [6.07, 6.45) is 1.01. The summed E-state index contributed by atoms with van der Waals surface area (Å²) >= 11 is 0. The van der Waals surface area contributed by atoms with Crippen LogP contribution in [0.25, 0.3) is 11.0 Å². The van der Waals surface area contributed by atoms with E-state index in [2.05, 4.69) is 0 Å². The van der Waals surface area contributed by atoms with E-state index in [1.54, 1.807) is 6.07 Å². The number of furan rings is 1. The van der Waals surface area contributed by atoms with Crippen LogP contribution in [-0.4, -0.2) is 31.2 Å². The van der Waals surface area contributed by atoms with Crippen LogP contribution in [0.1, 0.15) is 30.3 Å². The van der Waals surface area contributed by atoms with Crippen LogP contribution < -0.4 is 0 Å². The van der Waals surface area contributed by atoms with Gasteiger partial charge in [-0.3, -0.25) is 4.79 Å². The molecule has 1 aromatic carbocycles. The highest BCUT2D eigenvalue weighted by molar-refractivity contribution is 6.03. The summed E-state index contributed by atoms with van der Waals surface area (Å²) in [6, 6.07) is 5.77. The largest absolute Gasteiger partial charge is 0.453 e. The minimum Gasteiger partial charge on any atom is -0.453 e. The summed E-state index contributed by atoms with van der Waals surface area (Å²) < 4.78 is 29.9. The van der Waals surface area contributed by atoms with Crippen LogP contribution in [0, 0.1) is 5.82 Å². The van der Waals surface area contributed by atoms with Gasteiger partial charge in [0.25, 0.3) is 0 Å². The molecule has 1 aliphatic heterocycles. The van der Waals surface area contributed by atoms with E-state index in [-0.39, 0.29) is 17.4 Å². The molecule has 0 N–H and O–H groups in total. The van der Waals surface area contributed by atoms with Gasteiger partial charge in [-0.1, -0.05) is 0 Å². The van der Waals surface area contributed by atoms with Crippen molar-refractivity contribution in [2.24, 2.45) is 0 Å². The highest BCUT2D eigenvalue weighted by Crippen LogP contribution is 2.31. The van der Waals surface area contributed by atoms with Gasteiger partial charge in [0, 0.05) is 38.0 Å². The fourth-order valence-corrected chi connectivity index (χ4v) is 2.77. The van der Waals surface area contributed by atoms with Crippen molar-refractivity contribution in [2.45, 2.75) is 25.4 Å². The Labute approximate surface area is 121 Å². The first-order valence-corrected chi connectivity index (χ1v) is 7.10. The van der Waals surface area contributed by atoms with E-state index >= 15 is 0 Å². The number of ether oxygens (including phenoxy) is 2. The van der Waals surface area contributed by atoms with Crippen molar-refractivity contribution in [3.63, 3.8) is 0 Å². The molecule has 3 rings (SSSR count). The van der Waals surface area contributed by atoms with E-state index in [0.29, 0.717) is 43.6 Å². The summed E-state index contributed by atoms with van der Waals surface area (Å²) in [6.45, 7) is 3.28. The first kappa shape index (κ1) is 14.2. The number of hydrogen-bond donors (Lipinski definition) is 0. The van der Waals surface area contributed by atoms with Crippen molar-refractivity contribution in [1.29, 1.82) is 0 Å². The lowest BCUT2D eigenvalue weighted by atomic mass is 9.88. The number of benzene rings is 1. The van der Waals surface area contributed by atoms with Gasteiger partial charge in [0.1, 0.15) is 17.0 Å². The van der Waals surface area contributed by atoms with Crippen molar-refractivity contribution in [3.8, 4) is 0 Å². The average molecular weight is 292 g/mol. The molecule has 4 nitrogen and oxygen atoms in total. The van der Waals surface area contributed by atoms with Crippen LogP contribution in [0.5, 0.6) is 0 Å². The van der Waals surface area contributed by atoms with Crippen LogP contribution in [0.3, 0.4) is 0 Å². The first-order chi connectivity index (χ1) is 10.1. The zero-order valence-electron chi connectivity index (χ0n) is 11.9. The maximum Gasteiger partial charge on any atom is 0.229 e. The van der Waals surface area contributed by atoms with Gasteiger partial charge in [-0.15, -0.1) is 0 Å². The summed E-state index contributed by atoms with van der Waals surface area (Å²) in [7, 11) is 0. The Morgan fingerprint density at radius 3 is 2.81 bits per heavy atom. The quantitative estimate of drug-likeness (QED) is 0.811. The first-order valence-electron chi connectivity index (χ1n) is 7.10. The third-order valence-electron chi connectivity index (χ3n) is 3.84. The number of carbonyl (C=O) groups is 1. The van der Waals surface area contributed by atoms with Crippen molar-refractivity contribution in [1.82, 2.24) is 0 Å². The Kier molecular flexibility index (Phi) is 3.78. The SMILES string of the molecule is CCOC1(C(=O)c2cc3cc(F)ccc3o2)CCOCC1. The maximum atomic E-state index is 13.2. The average Bonchev–Trinajstić information content (AvgIpc) is 2.90. The van der Waals surface area contributed by atoms with Gasteiger partial charge in [0.05, 0.1) is 0 Å². The Balaban J connectivity index is 1.97. The molecule has 0 saturated carbocycles. The molecule has 0 atom stereocenters. The Bertz CT molecular complexity index is 650. The van der Waals surface area contributed by atoms with Crippen LogP contribution in [-0.2, 0) is 9.47 Å². The van der Waals surface area contributed by atoms with Gasteiger partial charge in [0.15, 0.2) is 5.76 Å². The monoisotopic (exact) mass is 292 g/mol. The summed E-state index contributed by atoms with van der Waals surface area (Å²) in [4.78, 5) is 12.8. The van der Waals surface area contributed by atoms with E-state index in [9.17, 15) is 9.18 Å². The van der Waals surface area contributed by atoms with Crippen molar-refractivity contribution < 1.29 is 23.1 Å². The van der Waals surface area contributed by atoms with Crippen LogP contribution in [0.2, 0.25) is 0 Å². The van der Waals surface area contributed by atoms with Gasteiger partial charge < -0.3 is 13.9 Å². The molecule has 1 aromatic heterocycles. The molecular weight excluding hydrogens is 275 g/mol. The van der Waals surface area contributed by atoms with E-state index in [1.807, 2.05) is 6.92 Å². The van der Waals surface area contributed by atoms with Crippen molar-refractivity contribution >= 4 is 16.8 Å². The Hall–Kier alpha value is -1.72. The second kappa shape index (κ2) is 5.58. The lowest BCUT2D eigenvalue weighted by Gasteiger charge is -2.34. The predicted molar refractivity (Wildman–Crippen MR) is 74.9 cm³/mol. The van der Waals surface area contributed by atoms with Crippen molar-refractivity contribution in [2.75, 3.05) is 19.8 Å². The molecule has 0 aliphatic carbocycles. The molecule has 21 heavy (non-hydrogen) atoms. The molecule has 0 radical (unpaired) electrons. The highest BCUT2D eigenvalue weighted by Gasteiger charge is 2.42. The predicted octanol–water partition coefficient (Wildman–Crippen LogP) is 3.34. The number of carbonyl (C=O) groups excluding carboxylic acids is 1. The smallest absolute Gasteiger partial charge is 0.229 e. The minimum absolute atomic E-state index is 0.191. The summed E-state index contributed by atoms with van der Waals surface area (Å²) in [5.74, 6) is -0.330. The second-order valence-corrected chi connectivity index (χ2v) is 5.16. The number of ketones is 1.